The van der Waals surface area contributed by atoms with Crippen molar-refractivity contribution >= 4 is 33.5 Å². The lowest BCUT2D eigenvalue weighted by Crippen LogP contribution is -2.28. The highest BCUT2D eigenvalue weighted by atomic mass is 32.1. The van der Waals surface area contributed by atoms with Gasteiger partial charge in [-0.2, -0.15) is 0 Å². The maximum atomic E-state index is 12.9. The lowest BCUT2D eigenvalue weighted by molar-refractivity contribution is -0.126. The van der Waals surface area contributed by atoms with Gasteiger partial charge in [0.1, 0.15) is 5.01 Å². The van der Waals surface area contributed by atoms with Crippen LogP contribution in [0.15, 0.2) is 48.5 Å². The van der Waals surface area contributed by atoms with Crippen LogP contribution in [0.4, 0.5) is 0 Å². The molecule has 150 valence electrons. The smallest absolute Gasteiger partial charge is 0.247 e. The van der Waals surface area contributed by atoms with Crippen molar-refractivity contribution in [3.05, 3.63) is 59.1 Å². The number of carbonyl (C=O) groups excluding carboxylic acids is 1. The van der Waals surface area contributed by atoms with Gasteiger partial charge in [-0.15, -0.1) is 11.3 Å². The summed E-state index contributed by atoms with van der Waals surface area (Å²) < 4.78 is 12.1. The molecule has 0 N–H and O–H groups in total. The lowest BCUT2D eigenvalue weighted by Gasteiger charge is -2.21. The average molecular weight is 409 g/mol. The maximum absolute atomic E-state index is 12.9. The molecule has 1 aromatic heterocycles. The number of likely N-dealkylation sites (tertiary alicyclic amines) is 1. The van der Waals surface area contributed by atoms with Gasteiger partial charge in [0, 0.05) is 12.6 Å². The van der Waals surface area contributed by atoms with E-state index in [9.17, 15) is 4.79 Å². The first-order valence-electron chi connectivity index (χ1n) is 9.84. The first-order chi connectivity index (χ1) is 14.2. The molecular weight excluding hydrogens is 384 g/mol. The molecule has 0 radical (unpaired) electrons. The Morgan fingerprint density at radius 2 is 2.14 bits per heavy atom. The highest BCUT2D eigenvalue weighted by molar-refractivity contribution is 7.18. The summed E-state index contributed by atoms with van der Waals surface area (Å²) in [6.07, 6.45) is 5.43. The standard InChI is InChI=1S/C23H24N2O3S/c1-3-28-20-15-16(10-12-19(20)27-2)11-13-22(26)25-14-6-8-18(25)23-24-17-7-4-5-9-21(17)29-23/h4-5,7,9-13,15,18H,3,6,8,14H2,1-2H3/b13-11+/t18-/m0/s1. The topological polar surface area (TPSA) is 51.7 Å². The van der Waals surface area contributed by atoms with Crippen LogP contribution in [0.5, 0.6) is 11.5 Å². The summed E-state index contributed by atoms with van der Waals surface area (Å²) in [5, 5.41) is 1.02. The number of amides is 1. The van der Waals surface area contributed by atoms with E-state index in [1.54, 1.807) is 24.5 Å². The minimum Gasteiger partial charge on any atom is -0.493 e. The third kappa shape index (κ3) is 4.12. The molecule has 0 spiro atoms. The molecule has 29 heavy (non-hydrogen) atoms. The van der Waals surface area contributed by atoms with Crippen LogP contribution < -0.4 is 9.47 Å². The van der Waals surface area contributed by atoms with Gasteiger partial charge >= 0.3 is 0 Å². The number of hydrogen-bond acceptors (Lipinski definition) is 5. The van der Waals surface area contributed by atoms with Crippen molar-refractivity contribution in [3.63, 3.8) is 0 Å². The van der Waals surface area contributed by atoms with Gasteiger partial charge in [0.05, 0.1) is 30.0 Å². The summed E-state index contributed by atoms with van der Waals surface area (Å²) in [5.74, 6) is 1.38. The maximum Gasteiger partial charge on any atom is 0.247 e. The van der Waals surface area contributed by atoms with Crippen LogP contribution in [0.2, 0.25) is 0 Å². The molecule has 0 saturated carbocycles. The predicted molar refractivity (Wildman–Crippen MR) is 117 cm³/mol. The first kappa shape index (κ1) is 19.5. The van der Waals surface area contributed by atoms with Crippen LogP contribution in [0.3, 0.4) is 0 Å². The molecule has 1 aliphatic heterocycles. The number of aromatic nitrogens is 1. The number of nitrogens with zero attached hydrogens (tertiary/aromatic N) is 2. The van der Waals surface area contributed by atoms with E-state index in [1.165, 1.54) is 4.70 Å². The molecule has 6 heteroatoms. The van der Waals surface area contributed by atoms with Crippen molar-refractivity contribution in [1.82, 2.24) is 9.88 Å². The Hall–Kier alpha value is -2.86. The number of para-hydroxylation sites is 1. The molecule has 2 heterocycles. The second kappa shape index (κ2) is 8.66. The molecular formula is C23H24N2O3S. The molecule has 1 fully saturated rings. The minimum absolute atomic E-state index is 0.0144. The van der Waals surface area contributed by atoms with Crippen LogP contribution in [-0.2, 0) is 4.79 Å². The summed E-state index contributed by atoms with van der Waals surface area (Å²) in [5.41, 5.74) is 1.90. The Balaban J connectivity index is 1.52. The highest BCUT2D eigenvalue weighted by Gasteiger charge is 2.31. The van der Waals surface area contributed by atoms with Crippen LogP contribution in [0.25, 0.3) is 16.3 Å². The van der Waals surface area contributed by atoms with Gasteiger partial charge in [0.15, 0.2) is 11.5 Å². The number of carbonyl (C=O) groups is 1. The van der Waals surface area contributed by atoms with Gasteiger partial charge in [0.25, 0.3) is 0 Å². The highest BCUT2D eigenvalue weighted by Crippen LogP contribution is 2.36. The second-order valence-electron chi connectivity index (χ2n) is 6.89. The van der Waals surface area contributed by atoms with Crippen molar-refractivity contribution in [2.75, 3.05) is 20.3 Å². The number of hydrogen-bond donors (Lipinski definition) is 0. The number of methoxy groups -OCH3 is 1. The summed E-state index contributed by atoms with van der Waals surface area (Å²) in [4.78, 5) is 19.6. The zero-order valence-electron chi connectivity index (χ0n) is 16.6. The van der Waals surface area contributed by atoms with Gasteiger partial charge in [-0.05, 0) is 55.7 Å². The number of benzene rings is 2. The SMILES string of the molecule is CCOc1cc(/C=C/C(=O)N2CCC[C@H]2c2nc3ccccc3s2)ccc1OC. The Kier molecular flexibility index (Phi) is 5.81. The van der Waals surface area contributed by atoms with Gasteiger partial charge in [0.2, 0.25) is 5.91 Å². The lowest BCUT2D eigenvalue weighted by atomic mass is 10.1. The molecule has 1 saturated heterocycles. The summed E-state index contributed by atoms with van der Waals surface area (Å²) >= 11 is 1.68. The Morgan fingerprint density at radius 3 is 2.93 bits per heavy atom. The quantitative estimate of drug-likeness (QED) is 0.534. The first-order valence-corrected chi connectivity index (χ1v) is 10.7. The molecule has 1 aliphatic rings. The van der Waals surface area contributed by atoms with Crippen molar-refractivity contribution in [2.24, 2.45) is 0 Å². The van der Waals surface area contributed by atoms with E-state index < -0.39 is 0 Å². The minimum atomic E-state index is 0.0144. The van der Waals surface area contributed by atoms with Crippen molar-refractivity contribution in [2.45, 2.75) is 25.8 Å². The van der Waals surface area contributed by atoms with Gasteiger partial charge in [-0.25, -0.2) is 4.98 Å². The molecule has 1 atom stereocenters. The number of fused-ring (bicyclic) bond motifs is 1. The third-order valence-corrected chi connectivity index (χ3v) is 6.17. The Bertz CT molecular complexity index is 1010. The van der Waals surface area contributed by atoms with E-state index in [0.29, 0.717) is 18.1 Å². The van der Waals surface area contributed by atoms with E-state index in [2.05, 4.69) is 6.07 Å². The van der Waals surface area contributed by atoms with Crippen LogP contribution in [0.1, 0.15) is 36.4 Å². The van der Waals surface area contributed by atoms with Crippen molar-refractivity contribution < 1.29 is 14.3 Å². The summed E-state index contributed by atoms with van der Waals surface area (Å²) in [6.45, 7) is 3.25. The molecule has 1 amide bonds. The van der Waals surface area contributed by atoms with E-state index >= 15 is 0 Å². The second-order valence-corrected chi connectivity index (χ2v) is 7.95. The van der Waals surface area contributed by atoms with Crippen LogP contribution in [0, 0.1) is 0 Å². The van der Waals surface area contributed by atoms with E-state index in [-0.39, 0.29) is 11.9 Å². The van der Waals surface area contributed by atoms with Crippen molar-refractivity contribution in [3.8, 4) is 11.5 Å². The number of ether oxygens (including phenoxy) is 2. The summed E-state index contributed by atoms with van der Waals surface area (Å²) in [6, 6.07) is 13.8. The molecule has 5 nitrogen and oxygen atoms in total. The van der Waals surface area contributed by atoms with Crippen LogP contribution in [-0.4, -0.2) is 36.1 Å². The largest absolute Gasteiger partial charge is 0.493 e. The van der Waals surface area contributed by atoms with Gasteiger partial charge in [-0.3, -0.25) is 4.79 Å². The van der Waals surface area contributed by atoms with Gasteiger partial charge in [-0.1, -0.05) is 18.2 Å². The molecule has 0 aliphatic carbocycles. The fraction of sp³-hybridized carbons (Fsp3) is 0.304. The molecule has 3 aromatic rings. The average Bonchev–Trinajstić information content (AvgIpc) is 3.39. The molecule has 0 bridgehead atoms. The molecule has 2 aromatic carbocycles. The predicted octanol–water partition coefficient (Wildman–Crippen LogP) is 5.08. The zero-order chi connectivity index (χ0) is 20.2. The van der Waals surface area contributed by atoms with E-state index in [0.717, 1.165) is 35.5 Å². The fourth-order valence-electron chi connectivity index (χ4n) is 3.65. The zero-order valence-corrected chi connectivity index (χ0v) is 17.4. The van der Waals surface area contributed by atoms with E-state index in [4.69, 9.17) is 14.5 Å². The fourth-order valence-corrected chi connectivity index (χ4v) is 4.76. The number of thiazole rings is 1. The van der Waals surface area contributed by atoms with Gasteiger partial charge < -0.3 is 14.4 Å². The van der Waals surface area contributed by atoms with E-state index in [1.807, 2.05) is 54.3 Å². The summed E-state index contributed by atoms with van der Waals surface area (Å²) in [7, 11) is 1.62. The Labute approximate surface area is 174 Å². The van der Waals surface area contributed by atoms with Crippen LogP contribution >= 0.6 is 11.3 Å². The number of rotatable bonds is 6. The molecule has 0 unspecified atom stereocenters. The third-order valence-electron chi connectivity index (χ3n) is 5.04. The monoisotopic (exact) mass is 408 g/mol. The van der Waals surface area contributed by atoms with Crippen molar-refractivity contribution in [1.29, 1.82) is 0 Å². The Morgan fingerprint density at radius 1 is 1.28 bits per heavy atom. The normalized spacial score (nSPS) is 16.6. The molecule has 4 rings (SSSR count).